The van der Waals surface area contributed by atoms with Crippen molar-refractivity contribution >= 4 is 0 Å². The molecule has 4 heteroatoms. The Kier molecular flexibility index (Phi) is 4.15. The molecule has 1 atom stereocenters. The fourth-order valence-electron chi connectivity index (χ4n) is 1.63. The second kappa shape index (κ2) is 5.38. The van der Waals surface area contributed by atoms with Gasteiger partial charge in [-0.05, 0) is 24.9 Å². The zero-order chi connectivity index (χ0) is 12.1. The zero-order valence-corrected chi connectivity index (χ0v) is 9.53. The number of phenolic OH excluding ortho intramolecular Hbond substituents is 1. The number of nitrogens with zero attached hydrogens (tertiary/aromatic N) is 1. The summed E-state index contributed by atoms with van der Waals surface area (Å²) in [5.41, 5.74) is 6.67. The first-order valence-corrected chi connectivity index (χ1v) is 5.15. The highest BCUT2D eigenvalue weighted by molar-refractivity contribution is 5.52. The highest BCUT2D eigenvalue weighted by atomic mass is 16.5. The van der Waals surface area contributed by atoms with Gasteiger partial charge in [-0.3, -0.25) is 0 Å². The van der Waals surface area contributed by atoms with Crippen LogP contribution < -0.4 is 10.5 Å². The van der Waals surface area contributed by atoms with Gasteiger partial charge in [-0.1, -0.05) is 6.92 Å². The number of benzene rings is 1. The first kappa shape index (κ1) is 12.3. The summed E-state index contributed by atoms with van der Waals surface area (Å²) in [6.45, 7) is 2.50. The minimum absolute atomic E-state index is 0.0995. The van der Waals surface area contributed by atoms with Crippen LogP contribution in [0.1, 0.15) is 30.4 Å². The minimum Gasteiger partial charge on any atom is -0.504 e. The molecule has 0 aliphatic heterocycles. The lowest BCUT2D eigenvalue weighted by atomic mass is 9.95. The summed E-state index contributed by atoms with van der Waals surface area (Å²) >= 11 is 0. The van der Waals surface area contributed by atoms with Crippen molar-refractivity contribution in [3.63, 3.8) is 0 Å². The van der Waals surface area contributed by atoms with Gasteiger partial charge in [0, 0.05) is 11.6 Å². The van der Waals surface area contributed by atoms with Crippen LogP contribution in [-0.4, -0.2) is 18.8 Å². The van der Waals surface area contributed by atoms with Crippen LogP contribution in [0.3, 0.4) is 0 Å². The van der Waals surface area contributed by atoms with Gasteiger partial charge in [0.15, 0.2) is 11.5 Å². The molecule has 0 radical (unpaired) electrons. The zero-order valence-electron chi connectivity index (χ0n) is 9.53. The van der Waals surface area contributed by atoms with Gasteiger partial charge in [0.05, 0.1) is 18.7 Å². The van der Waals surface area contributed by atoms with Gasteiger partial charge in [0.1, 0.15) is 0 Å². The Balaban J connectivity index is 3.21. The SMILES string of the molecule is COc1cc(C#N)cc(C(C)CCN)c1O. The maximum absolute atomic E-state index is 9.93. The molecule has 0 aliphatic rings. The molecule has 0 saturated carbocycles. The Hall–Kier alpha value is -1.73. The summed E-state index contributed by atoms with van der Waals surface area (Å²) in [7, 11) is 1.47. The van der Waals surface area contributed by atoms with Crippen molar-refractivity contribution in [3.05, 3.63) is 23.3 Å². The second-order valence-corrected chi connectivity index (χ2v) is 3.71. The molecular formula is C12H16N2O2. The third-order valence-corrected chi connectivity index (χ3v) is 2.58. The number of rotatable bonds is 4. The van der Waals surface area contributed by atoms with E-state index in [2.05, 4.69) is 0 Å². The molecule has 0 fully saturated rings. The van der Waals surface area contributed by atoms with Gasteiger partial charge in [-0.2, -0.15) is 5.26 Å². The number of methoxy groups -OCH3 is 1. The van der Waals surface area contributed by atoms with Crippen LogP contribution in [-0.2, 0) is 0 Å². The van der Waals surface area contributed by atoms with E-state index in [9.17, 15) is 5.11 Å². The number of hydrogen-bond acceptors (Lipinski definition) is 4. The molecular weight excluding hydrogens is 204 g/mol. The molecule has 16 heavy (non-hydrogen) atoms. The maximum atomic E-state index is 9.93. The summed E-state index contributed by atoms with van der Waals surface area (Å²) in [5, 5.41) is 18.8. The molecule has 0 bridgehead atoms. The number of hydrogen-bond donors (Lipinski definition) is 2. The summed E-state index contributed by atoms with van der Waals surface area (Å²) in [4.78, 5) is 0. The van der Waals surface area contributed by atoms with Crippen LogP contribution in [0.5, 0.6) is 11.5 Å². The third kappa shape index (κ3) is 2.44. The number of aromatic hydroxyl groups is 1. The first-order chi connectivity index (χ1) is 7.63. The predicted molar refractivity (Wildman–Crippen MR) is 61.5 cm³/mol. The molecule has 0 amide bonds. The van der Waals surface area contributed by atoms with E-state index in [1.165, 1.54) is 13.2 Å². The van der Waals surface area contributed by atoms with E-state index >= 15 is 0 Å². The molecule has 4 nitrogen and oxygen atoms in total. The summed E-state index contributed by atoms with van der Waals surface area (Å²) < 4.78 is 5.02. The second-order valence-electron chi connectivity index (χ2n) is 3.71. The lowest BCUT2D eigenvalue weighted by Crippen LogP contribution is -2.05. The van der Waals surface area contributed by atoms with Gasteiger partial charge in [-0.15, -0.1) is 0 Å². The van der Waals surface area contributed by atoms with Crippen molar-refractivity contribution in [1.82, 2.24) is 0 Å². The fraction of sp³-hybridized carbons (Fsp3) is 0.417. The Morgan fingerprint density at radius 1 is 1.56 bits per heavy atom. The average molecular weight is 220 g/mol. The van der Waals surface area contributed by atoms with E-state index in [4.69, 9.17) is 15.7 Å². The predicted octanol–water partition coefficient (Wildman–Crippen LogP) is 1.72. The van der Waals surface area contributed by atoms with Crippen LogP contribution >= 0.6 is 0 Å². The smallest absolute Gasteiger partial charge is 0.162 e. The molecule has 1 rings (SSSR count). The third-order valence-electron chi connectivity index (χ3n) is 2.58. The molecule has 0 aromatic heterocycles. The van der Waals surface area contributed by atoms with E-state index in [1.807, 2.05) is 13.0 Å². The normalized spacial score (nSPS) is 11.9. The number of nitriles is 1. The van der Waals surface area contributed by atoms with Crippen molar-refractivity contribution < 1.29 is 9.84 Å². The first-order valence-electron chi connectivity index (χ1n) is 5.15. The molecule has 1 aromatic carbocycles. The molecule has 1 unspecified atom stereocenters. The quantitative estimate of drug-likeness (QED) is 0.809. The van der Waals surface area contributed by atoms with Crippen molar-refractivity contribution in [3.8, 4) is 17.6 Å². The van der Waals surface area contributed by atoms with E-state index in [1.54, 1.807) is 6.07 Å². The molecule has 1 aromatic rings. The van der Waals surface area contributed by atoms with Crippen molar-refractivity contribution in [2.75, 3.05) is 13.7 Å². The Bertz CT molecular complexity index is 410. The maximum Gasteiger partial charge on any atom is 0.162 e. The van der Waals surface area contributed by atoms with Crippen LogP contribution in [0, 0.1) is 11.3 Å². The molecule has 0 saturated heterocycles. The van der Waals surface area contributed by atoms with Crippen LogP contribution in [0.25, 0.3) is 0 Å². The molecule has 0 heterocycles. The van der Waals surface area contributed by atoms with E-state index in [-0.39, 0.29) is 11.7 Å². The van der Waals surface area contributed by atoms with Crippen LogP contribution in [0.4, 0.5) is 0 Å². The van der Waals surface area contributed by atoms with E-state index in [0.717, 1.165) is 6.42 Å². The summed E-state index contributed by atoms with van der Waals surface area (Å²) in [6.07, 6.45) is 0.756. The molecule has 3 N–H and O–H groups in total. The van der Waals surface area contributed by atoms with Gasteiger partial charge in [-0.25, -0.2) is 0 Å². The van der Waals surface area contributed by atoms with Gasteiger partial charge < -0.3 is 15.6 Å². The Labute approximate surface area is 95.3 Å². The van der Waals surface area contributed by atoms with Crippen molar-refractivity contribution in [1.29, 1.82) is 5.26 Å². The highest BCUT2D eigenvalue weighted by Gasteiger charge is 2.15. The highest BCUT2D eigenvalue weighted by Crippen LogP contribution is 2.36. The monoisotopic (exact) mass is 220 g/mol. The lowest BCUT2D eigenvalue weighted by Gasteiger charge is -2.15. The Morgan fingerprint density at radius 2 is 2.25 bits per heavy atom. The topological polar surface area (TPSA) is 79.3 Å². The van der Waals surface area contributed by atoms with E-state index < -0.39 is 0 Å². The van der Waals surface area contributed by atoms with Gasteiger partial charge in [0.2, 0.25) is 0 Å². The van der Waals surface area contributed by atoms with Crippen LogP contribution in [0.2, 0.25) is 0 Å². The molecule has 0 spiro atoms. The fourth-order valence-corrected chi connectivity index (χ4v) is 1.63. The number of ether oxygens (including phenoxy) is 1. The van der Waals surface area contributed by atoms with Crippen molar-refractivity contribution in [2.24, 2.45) is 5.73 Å². The Morgan fingerprint density at radius 3 is 2.75 bits per heavy atom. The summed E-state index contributed by atoms with van der Waals surface area (Å²) in [6, 6.07) is 5.24. The van der Waals surface area contributed by atoms with Gasteiger partial charge in [0.25, 0.3) is 0 Å². The molecule has 0 aliphatic carbocycles. The average Bonchev–Trinajstić information content (AvgIpc) is 2.29. The number of phenols is 1. The largest absolute Gasteiger partial charge is 0.504 e. The lowest BCUT2D eigenvalue weighted by molar-refractivity contribution is 0.368. The standard InChI is InChI=1S/C12H16N2O2/c1-8(3-4-13)10-5-9(7-14)6-11(16-2)12(10)15/h5-6,8,15H,3-4,13H2,1-2H3. The summed E-state index contributed by atoms with van der Waals surface area (Å²) in [5.74, 6) is 0.535. The van der Waals surface area contributed by atoms with E-state index in [0.29, 0.717) is 23.4 Å². The van der Waals surface area contributed by atoms with Crippen LogP contribution in [0.15, 0.2) is 12.1 Å². The minimum atomic E-state index is 0.0995. The molecule has 86 valence electrons. The number of nitrogens with two attached hydrogens (primary N) is 1. The van der Waals surface area contributed by atoms with Gasteiger partial charge >= 0.3 is 0 Å². The van der Waals surface area contributed by atoms with Crippen molar-refractivity contribution in [2.45, 2.75) is 19.3 Å².